The number of halogens is 3. The molecule has 186 valence electrons. The maximum atomic E-state index is 13.2. The molecule has 0 radical (unpaired) electrons. The van der Waals surface area contributed by atoms with Crippen LogP contribution in [0.5, 0.6) is 5.75 Å². The van der Waals surface area contributed by atoms with Crippen LogP contribution in [0.25, 0.3) is 22.4 Å². The molecule has 1 amide bonds. The van der Waals surface area contributed by atoms with E-state index in [1.165, 1.54) is 19.2 Å². The second-order valence-corrected chi connectivity index (χ2v) is 8.02. The number of nitrogens with zero attached hydrogens (tertiary/aromatic N) is 5. The van der Waals surface area contributed by atoms with Crippen LogP contribution in [0, 0.1) is 0 Å². The molecule has 0 saturated carbocycles. The minimum atomic E-state index is -4.62. The third kappa shape index (κ3) is 4.28. The zero-order valence-electron chi connectivity index (χ0n) is 18.9. The van der Waals surface area contributed by atoms with Crippen LogP contribution >= 0.6 is 0 Å². The molecule has 0 spiro atoms. The number of nitrogens with two attached hydrogens (primary N) is 1. The standard InChI is InChI=1S/C23H20F3N7O3/c1-35-15-5-3-14(13-4-6-17(23(24,25)26)31-18(13)15)20-32-19(16(9-27)36-20)21(34)33-10-12(11-33)30-22-28-7-2-8-29-22/h2-8,12H,9-11,27H2,1H3,(H,28,29,30). The number of hydrogen-bond donors (Lipinski definition) is 2. The van der Waals surface area contributed by atoms with Crippen LogP contribution < -0.4 is 15.8 Å². The van der Waals surface area contributed by atoms with E-state index in [1.807, 2.05) is 0 Å². The van der Waals surface area contributed by atoms with Gasteiger partial charge in [-0.1, -0.05) is 0 Å². The van der Waals surface area contributed by atoms with E-state index in [-0.39, 0.29) is 47.1 Å². The van der Waals surface area contributed by atoms with Crippen molar-refractivity contribution in [3.8, 4) is 17.2 Å². The van der Waals surface area contributed by atoms with Crippen molar-refractivity contribution in [2.24, 2.45) is 5.73 Å². The molecule has 0 bridgehead atoms. The number of fused-ring (bicyclic) bond motifs is 1. The average molecular weight is 499 g/mol. The highest BCUT2D eigenvalue weighted by Crippen LogP contribution is 2.37. The first kappa shape index (κ1) is 23.5. The van der Waals surface area contributed by atoms with Gasteiger partial charge in [-0.25, -0.2) is 19.9 Å². The van der Waals surface area contributed by atoms with E-state index in [2.05, 4.69) is 25.3 Å². The number of pyridine rings is 1. The van der Waals surface area contributed by atoms with Crippen LogP contribution in [0.3, 0.4) is 0 Å². The molecular formula is C23H20F3N7O3. The first-order valence-corrected chi connectivity index (χ1v) is 10.9. The summed E-state index contributed by atoms with van der Waals surface area (Å²) in [6.07, 6.45) is -1.39. The summed E-state index contributed by atoms with van der Waals surface area (Å²) in [4.78, 5) is 31.0. The SMILES string of the molecule is COc1ccc(-c2nc(C(=O)N3CC(Nc4ncccn4)C3)c(CN)o2)c2ccc(C(F)(F)F)nc12. The average Bonchev–Trinajstić information content (AvgIpc) is 3.29. The fourth-order valence-electron chi connectivity index (χ4n) is 3.92. The molecule has 5 rings (SSSR count). The Morgan fingerprint density at radius 1 is 1.19 bits per heavy atom. The van der Waals surface area contributed by atoms with Gasteiger partial charge in [-0.2, -0.15) is 13.2 Å². The maximum Gasteiger partial charge on any atom is 0.433 e. The number of carbonyl (C=O) groups excluding carboxylic acids is 1. The van der Waals surface area contributed by atoms with Crippen molar-refractivity contribution in [2.45, 2.75) is 18.8 Å². The van der Waals surface area contributed by atoms with Gasteiger partial charge in [0.2, 0.25) is 11.8 Å². The highest BCUT2D eigenvalue weighted by atomic mass is 19.4. The van der Waals surface area contributed by atoms with Crippen LogP contribution in [0.4, 0.5) is 19.1 Å². The van der Waals surface area contributed by atoms with Gasteiger partial charge in [-0.05, 0) is 30.3 Å². The molecule has 0 unspecified atom stereocenters. The smallest absolute Gasteiger partial charge is 0.433 e. The fourth-order valence-corrected chi connectivity index (χ4v) is 3.92. The van der Waals surface area contributed by atoms with Gasteiger partial charge in [-0.3, -0.25) is 4.79 Å². The highest BCUT2D eigenvalue weighted by molar-refractivity contribution is 5.98. The van der Waals surface area contributed by atoms with Gasteiger partial charge in [0.05, 0.1) is 19.7 Å². The topological polar surface area (TPSA) is 132 Å². The first-order valence-electron chi connectivity index (χ1n) is 10.9. The summed E-state index contributed by atoms with van der Waals surface area (Å²) in [5.74, 6) is 0.466. The van der Waals surface area contributed by atoms with Crippen molar-refractivity contribution in [1.82, 2.24) is 24.8 Å². The number of nitrogens with one attached hydrogen (secondary N) is 1. The number of methoxy groups -OCH3 is 1. The predicted molar refractivity (Wildman–Crippen MR) is 122 cm³/mol. The Morgan fingerprint density at radius 3 is 2.61 bits per heavy atom. The monoisotopic (exact) mass is 499 g/mol. The van der Waals surface area contributed by atoms with Crippen molar-refractivity contribution >= 4 is 22.8 Å². The molecule has 13 heteroatoms. The van der Waals surface area contributed by atoms with Gasteiger partial charge in [0.15, 0.2) is 11.5 Å². The Bertz CT molecular complexity index is 1420. The van der Waals surface area contributed by atoms with Crippen molar-refractivity contribution in [1.29, 1.82) is 0 Å². The second-order valence-electron chi connectivity index (χ2n) is 8.02. The van der Waals surface area contributed by atoms with E-state index in [1.54, 1.807) is 29.4 Å². The molecule has 1 aliphatic heterocycles. The highest BCUT2D eigenvalue weighted by Gasteiger charge is 2.35. The zero-order chi connectivity index (χ0) is 25.4. The van der Waals surface area contributed by atoms with E-state index in [4.69, 9.17) is 14.9 Å². The number of likely N-dealkylation sites (tertiary alicyclic amines) is 1. The Hall–Kier alpha value is -4.26. The minimum absolute atomic E-state index is 0.00927. The fraction of sp³-hybridized carbons (Fsp3) is 0.261. The van der Waals surface area contributed by atoms with Gasteiger partial charge in [0, 0.05) is 36.4 Å². The summed E-state index contributed by atoms with van der Waals surface area (Å²) < 4.78 is 50.7. The van der Waals surface area contributed by atoms with Gasteiger partial charge in [0.25, 0.3) is 5.91 Å². The summed E-state index contributed by atoms with van der Waals surface area (Å²) in [5.41, 5.74) is 5.14. The number of benzene rings is 1. The second kappa shape index (κ2) is 9.07. The van der Waals surface area contributed by atoms with Gasteiger partial charge in [0.1, 0.15) is 17.0 Å². The first-order chi connectivity index (χ1) is 17.3. The van der Waals surface area contributed by atoms with Crippen molar-refractivity contribution in [3.05, 3.63) is 59.9 Å². The van der Waals surface area contributed by atoms with Crippen LogP contribution in [0.2, 0.25) is 0 Å². The van der Waals surface area contributed by atoms with Gasteiger partial charge < -0.3 is 25.1 Å². The summed E-state index contributed by atoms with van der Waals surface area (Å²) in [5, 5.41) is 3.46. The lowest BCUT2D eigenvalue weighted by molar-refractivity contribution is -0.140. The number of hydrogen-bond acceptors (Lipinski definition) is 9. The quantitative estimate of drug-likeness (QED) is 0.411. The summed E-state index contributed by atoms with van der Waals surface area (Å²) in [6.45, 7) is 0.712. The number of carbonyl (C=O) groups is 1. The Kier molecular flexibility index (Phi) is 5.92. The normalized spacial score (nSPS) is 14.1. The van der Waals surface area contributed by atoms with Crippen molar-refractivity contribution < 1.29 is 27.1 Å². The lowest BCUT2D eigenvalue weighted by Crippen LogP contribution is -2.57. The number of oxazole rings is 1. The lowest BCUT2D eigenvalue weighted by atomic mass is 10.1. The van der Waals surface area contributed by atoms with E-state index < -0.39 is 11.9 Å². The third-order valence-electron chi connectivity index (χ3n) is 5.71. The number of amides is 1. The molecule has 3 aromatic heterocycles. The maximum absolute atomic E-state index is 13.2. The third-order valence-corrected chi connectivity index (χ3v) is 5.71. The molecule has 4 aromatic rings. The molecule has 1 aromatic carbocycles. The van der Waals surface area contributed by atoms with Crippen molar-refractivity contribution in [2.75, 3.05) is 25.5 Å². The molecular weight excluding hydrogens is 479 g/mol. The molecule has 0 atom stereocenters. The molecule has 10 nitrogen and oxygen atoms in total. The number of anilines is 1. The van der Waals surface area contributed by atoms with Crippen LogP contribution in [-0.4, -0.2) is 57.0 Å². The van der Waals surface area contributed by atoms with E-state index in [9.17, 15) is 18.0 Å². The predicted octanol–water partition coefficient (Wildman–Crippen LogP) is 3.10. The Morgan fingerprint density at radius 2 is 1.94 bits per heavy atom. The summed E-state index contributed by atoms with van der Waals surface area (Å²) in [7, 11) is 1.34. The Labute approximate surface area is 202 Å². The van der Waals surface area contributed by atoms with E-state index >= 15 is 0 Å². The molecule has 1 saturated heterocycles. The molecule has 1 aliphatic rings. The number of alkyl halides is 3. The van der Waals surface area contributed by atoms with Crippen LogP contribution in [0.15, 0.2) is 47.1 Å². The number of aromatic nitrogens is 4. The lowest BCUT2D eigenvalue weighted by Gasteiger charge is -2.39. The van der Waals surface area contributed by atoms with Gasteiger partial charge in [-0.15, -0.1) is 0 Å². The summed E-state index contributed by atoms with van der Waals surface area (Å²) in [6, 6.07) is 6.87. The molecule has 0 aliphatic carbocycles. The van der Waals surface area contributed by atoms with Crippen molar-refractivity contribution in [3.63, 3.8) is 0 Å². The van der Waals surface area contributed by atoms with E-state index in [0.717, 1.165) is 6.07 Å². The molecule has 3 N–H and O–H groups in total. The number of ether oxygens (including phenoxy) is 1. The minimum Gasteiger partial charge on any atom is -0.494 e. The number of rotatable bonds is 6. The van der Waals surface area contributed by atoms with Crippen LogP contribution in [0.1, 0.15) is 21.9 Å². The molecule has 1 fully saturated rings. The Balaban J connectivity index is 1.43. The van der Waals surface area contributed by atoms with E-state index in [0.29, 0.717) is 30.0 Å². The van der Waals surface area contributed by atoms with Gasteiger partial charge >= 0.3 is 6.18 Å². The largest absolute Gasteiger partial charge is 0.494 e. The molecule has 4 heterocycles. The summed E-state index contributed by atoms with van der Waals surface area (Å²) >= 11 is 0. The molecule has 36 heavy (non-hydrogen) atoms. The van der Waals surface area contributed by atoms with Crippen LogP contribution in [-0.2, 0) is 12.7 Å². The zero-order valence-corrected chi connectivity index (χ0v) is 18.9.